The van der Waals surface area contributed by atoms with E-state index < -0.39 is 18.0 Å². The van der Waals surface area contributed by atoms with Crippen LogP contribution >= 0.6 is 0 Å². The predicted octanol–water partition coefficient (Wildman–Crippen LogP) is 3.69. The molecular formula is C23H22N2O4. The summed E-state index contributed by atoms with van der Waals surface area (Å²) in [6, 6.07) is 15.9. The molecule has 1 fully saturated rings. The van der Waals surface area contributed by atoms with E-state index >= 15 is 0 Å². The molecule has 3 aromatic rings. The maximum absolute atomic E-state index is 12.8. The smallest absolute Gasteiger partial charge is 0.347 e. The van der Waals surface area contributed by atoms with Crippen LogP contribution in [0.2, 0.25) is 0 Å². The van der Waals surface area contributed by atoms with Crippen LogP contribution < -0.4 is 0 Å². The average molecular weight is 390 g/mol. The molecule has 1 atom stereocenters. The van der Waals surface area contributed by atoms with Gasteiger partial charge in [0, 0.05) is 18.2 Å². The molecule has 6 heteroatoms. The monoisotopic (exact) mass is 390 g/mol. The minimum Gasteiger partial charge on any atom is -0.463 e. The lowest BCUT2D eigenvalue weighted by molar-refractivity contribution is -0.145. The molecule has 0 aliphatic carbocycles. The minimum atomic E-state index is -0.853. The molecule has 0 radical (unpaired) electrons. The Morgan fingerprint density at radius 1 is 1.10 bits per heavy atom. The van der Waals surface area contributed by atoms with E-state index in [2.05, 4.69) is 5.10 Å². The largest absolute Gasteiger partial charge is 0.463 e. The molecule has 0 unspecified atom stereocenters. The van der Waals surface area contributed by atoms with Gasteiger partial charge in [0.2, 0.25) is 6.10 Å². The van der Waals surface area contributed by atoms with E-state index in [-0.39, 0.29) is 6.61 Å². The Bertz CT molecular complexity index is 1040. The molecular weight excluding hydrogens is 368 g/mol. The summed E-state index contributed by atoms with van der Waals surface area (Å²) < 4.78 is 12.0. The van der Waals surface area contributed by atoms with E-state index in [0.29, 0.717) is 24.2 Å². The average Bonchev–Trinajstić information content (AvgIpc) is 3.31. The number of hydrogen-bond donors (Lipinski definition) is 0. The number of hydrogen-bond acceptors (Lipinski definition) is 5. The fraction of sp³-hybridized carbons (Fsp3) is 0.261. The first-order valence-electron chi connectivity index (χ1n) is 9.57. The van der Waals surface area contributed by atoms with Crippen LogP contribution in [-0.4, -0.2) is 34.4 Å². The topological polar surface area (TPSA) is 70.4 Å². The molecule has 0 saturated carbocycles. The van der Waals surface area contributed by atoms with Gasteiger partial charge in [-0.15, -0.1) is 0 Å². The lowest BCUT2D eigenvalue weighted by atomic mass is 10.1. The number of esters is 2. The Morgan fingerprint density at radius 2 is 1.76 bits per heavy atom. The minimum absolute atomic E-state index is 0.272. The second-order valence-electron chi connectivity index (χ2n) is 7.29. The quantitative estimate of drug-likeness (QED) is 0.622. The van der Waals surface area contributed by atoms with Crippen LogP contribution in [0.15, 0.2) is 54.7 Å². The molecule has 1 aliphatic rings. The Balaban J connectivity index is 1.66. The lowest BCUT2D eigenvalue weighted by Gasteiger charge is -2.08. The fourth-order valence-electron chi connectivity index (χ4n) is 3.23. The van der Waals surface area contributed by atoms with Crippen molar-refractivity contribution in [3.63, 3.8) is 0 Å². The maximum atomic E-state index is 12.8. The van der Waals surface area contributed by atoms with Crippen LogP contribution in [-0.2, 0) is 20.8 Å². The molecule has 1 aromatic heterocycles. The van der Waals surface area contributed by atoms with Gasteiger partial charge in [-0.2, -0.15) is 5.10 Å². The number of benzene rings is 2. The van der Waals surface area contributed by atoms with E-state index in [4.69, 9.17) is 9.47 Å². The summed E-state index contributed by atoms with van der Waals surface area (Å²) in [5, 5.41) is 4.64. The van der Waals surface area contributed by atoms with E-state index in [9.17, 15) is 9.59 Å². The zero-order valence-electron chi connectivity index (χ0n) is 16.4. The van der Waals surface area contributed by atoms with Crippen LogP contribution in [0.5, 0.6) is 0 Å². The number of rotatable bonds is 5. The summed E-state index contributed by atoms with van der Waals surface area (Å²) in [6.45, 7) is 4.84. The van der Waals surface area contributed by atoms with Crippen molar-refractivity contribution in [2.45, 2.75) is 32.9 Å². The van der Waals surface area contributed by atoms with Gasteiger partial charge >= 0.3 is 11.9 Å². The Morgan fingerprint density at radius 3 is 2.38 bits per heavy atom. The highest BCUT2D eigenvalue weighted by Gasteiger charge is 2.32. The number of nitrogens with zero attached hydrogens (tertiary/aromatic N) is 2. The van der Waals surface area contributed by atoms with Gasteiger partial charge in [0.1, 0.15) is 11.3 Å². The van der Waals surface area contributed by atoms with Crippen molar-refractivity contribution < 1.29 is 19.1 Å². The summed E-state index contributed by atoms with van der Waals surface area (Å²) in [5.41, 5.74) is 5.06. The highest BCUT2D eigenvalue weighted by molar-refractivity contribution is 5.97. The molecule has 1 aliphatic heterocycles. The molecule has 29 heavy (non-hydrogen) atoms. The highest BCUT2D eigenvalue weighted by atomic mass is 16.6. The van der Waals surface area contributed by atoms with E-state index in [0.717, 1.165) is 16.7 Å². The summed E-state index contributed by atoms with van der Waals surface area (Å²) in [6.07, 6.45) is 1.20. The predicted molar refractivity (Wildman–Crippen MR) is 107 cm³/mol. The zero-order chi connectivity index (χ0) is 20.4. The third kappa shape index (κ3) is 4.21. The van der Waals surface area contributed by atoms with Crippen molar-refractivity contribution in [1.82, 2.24) is 9.78 Å². The molecule has 4 rings (SSSR count). The molecule has 0 bridgehead atoms. The van der Waals surface area contributed by atoms with Crippen LogP contribution in [0.4, 0.5) is 0 Å². The molecule has 2 heterocycles. The Kier molecular flexibility index (Phi) is 5.16. The van der Waals surface area contributed by atoms with Crippen molar-refractivity contribution in [1.29, 1.82) is 0 Å². The van der Waals surface area contributed by atoms with E-state index in [1.807, 2.05) is 62.4 Å². The first-order chi connectivity index (χ1) is 14.0. The van der Waals surface area contributed by atoms with E-state index in [1.165, 1.54) is 5.56 Å². The third-order valence-corrected chi connectivity index (χ3v) is 4.91. The first kappa shape index (κ1) is 18.9. The van der Waals surface area contributed by atoms with Crippen molar-refractivity contribution in [3.8, 4) is 11.3 Å². The van der Waals surface area contributed by atoms with Gasteiger partial charge in [-0.25, -0.2) is 9.59 Å². The number of aryl methyl sites for hydroxylation is 2. The molecule has 0 spiro atoms. The number of carbonyl (C=O) groups excluding carboxylic acids is 2. The fourth-order valence-corrected chi connectivity index (χ4v) is 3.23. The van der Waals surface area contributed by atoms with Gasteiger partial charge in [0.05, 0.1) is 13.2 Å². The van der Waals surface area contributed by atoms with Crippen LogP contribution in [0.1, 0.15) is 33.5 Å². The van der Waals surface area contributed by atoms with Gasteiger partial charge in [-0.05, 0) is 19.4 Å². The Hall–Kier alpha value is -3.41. The maximum Gasteiger partial charge on any atom is 0.347 e. The molecule has 0 amide bonds. The number of aromatic nitrogens is 2. The Labute approximate surface area is 169 Å². The SMILES string of the molecule is Cc1ccc(Cn2cc(C(=O)O[C@H]3CCOC3=O)c(-c3ccc(C)cc3)n2)cc1. The molecule has 148 valence electrons. The summed E-state index contributed by atoms with van der Waals surface area (Å²) in [5.74, 6) is -1.07. The van der Waals surface area contributed by atoms with Crippen molar-refractivity contribution >= 4 is 11.9 Å². The van der Waals surface area contributed by atoms with Crippen molar-refractivity contribution in [2.24, 2.45) is 0 Å². The standard InChI is InChI=1S/C23H22N2O4/c1-15-3-7-17(8-4-15)13-25-14-19(22(26)29-20-11-12-28-23(20)27)21(24-25)18-9-5-16(2)6-10-18/h3-10,14,20H,11-13H2,1-2H3/t20-/m0/s1. The van der Waals surface area contributed by atoms with Crippen molar-refractivity contribution in [3.05, 3.63) is 77.0 Å². The van der Waals surface area contributed by atoms with Gasteiger partial charge in [-0.1, -0.05) is 59.7 Å². The summed E-state index contributed by atoms with van der Waals surface area (Å²) in [7, 11) is 0. The van der Waals surface area contributed by atoms with Gasteiger partial charge in [0.25, 0.3) is 0 Å². The van der Waals surface area contributed by atoms with Gasteiger partial charge in [0.15, 0.2) is 0 Å². The zero-order valence-corrected chi connectivity index (χ0v) is 16.4. The summed E-state index contributed by atoms with van der Waals surface area (Å²) >= 11 is 0. The van der Waals surface area contributed by atoms with Gasteiger partial charge < -0.3 is 9.47 Å². The molecule has 6 nitrogen and oxygen atoms in total. The second kappa shape index (κ2) is 7.91. The van der Waals surface area contributed by atoms with Crippen LogP contribution in [0.3, 0.4) is 0 Å². The third-order valence-electron chi connectivity index (χ3n) is 4.91. The normalized spacial score (nSPS) is 15.9. The van der Waals surface area contributed by atoms with Crippen LogP contribution in [0.25, 0.3) is 11.3 Å². The van der Waals surface area contributed by atoms with Crippen LogP contribution in [0, 0.1) is 13.8 Å². The number of ether oxygens (including phenoxy) is 2. The van der Waals surface area contributed by atoms with E-state index in [1.54, 1.807) is 10.9 Å². The van der Waals surface area contributed by atoms with Gasteiger partial charge in [-0.3, -0.25) is 4.68 Å². The first-order valence-corrected chi connectivity index (χ1v) is 9.57. The highest BCUT2D eigenvalue weighted by Crippen LogP contribution is 2.25. The second-order valence-corrected chi connectivity index (χ2v) is 7.29. The molecule has 2 aromatic carbocycles. The summed E-state index contributed by atoms with van der Waals surface area (Å²) in [4.78, 5) is 24.5. The molecule has 1 saturated heterocycles. The lowest BCUT2D eigenvalue weighted by Crippen LogP contribution is -2.22. The van der Waals surface area contributed by atoms with Crippen molar-refractivity contribution in [2.75, 3.05) is 6.61 Å². The number of cyclic esters (lactones) is 1. The molecule has 0 N–H and O–H groups in total. The number of carbonyl (C=O) groups is 2.